The molecule has 1 aromatic carbocycles. The zero-order valence-corrected chi connectivity index (χ0v) is 14.1. The van der Waals surface area contributed by atoms with Crippen molar-refractivity contribution in [2.75, 3.05) is 6.54 Å². The number of hydrogen-bond donors (Lipinski definition) is 1. The van der Waals surface area contributed by atoms with Crippen LogP contribution in [-0.2, 0) is 13.0 Å². The van der Waals surface area contributed by atoms with Crippen LogP contribution >= 0.6 is 11.3 Å². The van der Waals surface area contributed by atoms with Gasteiger partial charge in [-0.3, -0.25) is 9.48 Å². The van der Waals surface area contributed by atoms with Gasteiger partial charge in [-0.25, -0.2) is 4.39 Å². The topological polar surface area (TPSA) is 46.9 Å². The zero-order valence-electron chi connectivity index (χ0n) is 13.3. The van der Waals surface area contributed by atoms with Crippen molar-refractivity contribution in [1.29, 1.82) is 0 Å². The van der Waals surface area contributed by atoms with Gasteiger partial charge in [-0.1, -0.05) is 18.2 Å². The van der Waals surface area contributed by atoms with Gasteiger partial charge in [-0.15, -0.1) is 11.3 Å². The molecule has 2 aromatic heterocycles. The Hall–Kier alpha value is -2.47. The fourth-order valence-electron chi connectivity index (χ4n) is 2.49. The molecule has 0 aliphatic heterocycles. The second-order valence-electron chi connectivity index (χ2n) is 5.33. The number of hydrogen-bond acceptors (Lipinski definition) is 3. The summed E-state index contributed by atoms with van der Waals surface area (Å²) in [5.41, 5.74) is 1.80. The minimum absolute atomic E-state index is 0.212. The van der Waals surface area contributed by atoms with Crippen molar-refractivity contribution >= 4 is 17.2 Å². The molecule has 0 spiro atoms. The molecule has 0 saturated heterocycles. The summed E-state index contributed by atoms with van der Waals surface area (Å²) in [5, 5.41) is 9.24. The monoisotopic (exact) mass is 343 g/mol. The van der Waals surface area contributed by atoms with Crippen molar-refractivity contribution < 1.29 is 9.18 Å². The summed E-state index contributed by atoms with van der Waals surface area (Å²) >= 11 is 1.67. The van der Waals surface area contributed by atoms with Gasteiger partial charge in [-0.05, 0) is 43.0 Å². The van der Waals surface area contributed by atoms with Crippen molar-refractivity contribution in [2.45, 2.75) is 19.9 Å². The second-order valence-corrected chi connectivity index (χ2v) is 6.36. The van der Waals surface area contributed by atoms with Crippen LogP contribution in [0.1, 0.15) is 22.3 Å². The summed E-state index contributed by atoms with van der Waals surface area (Å²) in [6, 6.07) is 12.1. The molecule has 0 radical (unpaired) electrons. The molecular weight excluding hydrogens is 325 g/mol. The Morgan fingerprint density at radius 1 is 1.29 bits per heavy atom. The van der Waals surface area contributed by atoms with E-state index in [0.717, 1.165) is 12.1 Å². The van der Waals surface area contributed by atoms with E-state index < -0.39 is 0 Å². The molecule has 6 heteroatoms. The molecule has 0 fully saturated rings. The van der Waals surface area contributed by atoms with Crippen LogP contribution in [0.3, 0.4) is 0 Å². The molecule has 0 bridgehead atoms. The van der Waals surface area contributed by atoms with Crippen molar-refractivity contribution in [3.05, 3.63) is 64.2 Å². The Kier molecular flexibility index (Phi) is 5.05. The first kappa shape index (κ1) is 16.4. The fourth-order valence-corrected chi connectivity index (χ4v) is 3.20. The smallest absolute Gasteiger partial charge is 0.271 e. The van der Waals surface area contributed by atoms with Crippen molar-refractivity contribution in [1.82, 2.24) is 15.1 Å². The molecule has 0 aliphatic rings. The highest BCUT2D eigenvalue weighted by atomic mass is 32.1. The lowest BCUT2D eigenvalue weighted by Gasteiger charge is -2.04. The molecule has 3 rings (SSSR count). The Balaban J connectivity index is 1.73. The molecule has 0 unspecified atom stereocenters. The largest absolute Gasteiger partial charge is 0.350 e. The maximum atomic E-state index is 13.4. The third kappa shape index (κ3) is 3.71. The van der Waals surface area contributed by atoms with E-state index in [4.69, 9.17) is 0 Å². The SMILES string of the molecule is CCn1nc(C(=O)NCCc2cccs2)cc1-c1cccc(F)c1. The molecule has 1 N–H and O–H groups in total. The number of nitrogens with zero attached hydrogens (tertiary/aromatic N) is 2. The van der Waals surface area contributed by atoms with Crippen LogP contribution in [0, 0.1) is 5.82 Å². The van der Waals surface area contributed by atoms with Gasteiger partial charge in [0.05, 0.1) is 5.69 Å². The van der Waals surface area contributed by atoms with Crippen LogP contribution in [-0.4, -0.2) is 22.2 Å². The van der Waals surface area contributed by atoms with Gasteiger partial charge >= 0.3 is 0 Å². The van der Waals surface area contributed by atoms with Gasteiger partial charge in [0.2, 0.25) is 0 Å². The number of halogens is 1. The number of carbonyl (C=O) groups is 1. The van der Waals surface area contributed by atoms with Gasteiger partial charge in [0, 0.05) is 23.5 Å². The molecule has 0 saturated carbocycles. The summed E-state index contributed by atoms with van der Waals surface area (Å²) in [4.78, 5) is 13.5. The second kappa shape index (κ2) is 7.40. The summed E-state index contributed by atoms with van der Waals surface area (Å²) in [5.74, 6) is -0.519. The Labute approximate surface area is 143 Å². The van der Waals surface area contributed by atoms with E-state index in [1.54, 1.807) is 28.2 Å². The number of aromatic nitrogens is 2. The standard InChI is InChI=1S/C18H18FN3OS/c1-2-22-17(13-5-3-6-14(19)11-13)12-16(21-22)18(23)20-9-8-15-7-4-10-24-15/h3-7,10-12H,2,8-9H2,1H3,(H,20,23). The lowest BCUT2D eigenvalue weighted by molar-refractivity contribution is 0.0948. The van der Waals surface area contributed by atoms with Crippen LogP contribution in [0.25, 0.3) is 11.3 Å². The normalized spacial score (nSPS) is 10.8. The highest BCUT2D eigenvalue weighted by molar-refractivity contribution is 7.09. The average Bonchev–Trinajstić information content (AvgIpc) is 3.24. The predicted octanol–water partition coefficient (Wildman–Crippen LogP) is 3.74. The van der Waals surface area contributed by atoms with E-state index in [9.17, 15) is 9.18 Å². The van der Waals surface area contributed by atoms with Crippen molar-refractivity contribution in [3.63, 3.8) is 0 Å². The summed E-state index contributed by atoms with van der Waals surface area (Å²) in [6.45, 7) is 3.11. The predicted molar refractivity (Wildman–Crippen MR) is 93.7 cm³/mol. The molecule has 4 nitrogen and oxygen atoms in total. The van der Waals surface area contributed by atoms with Crippen molar-refractivity contribution in [3.8, 4) is 11.3 Å². The minimum atomic E-state index is -0.307. The van der Waals surface area contributed by atoms with E-state index in [-0.39, 0.29) is 11.7 Å². The Bertz CT molecular complexity index is 827. The first-order valence-corrected chi connectivity index (χ1v) is 8.69. The molecule has 1 amide bonds. The lowest BCUT2D eigenvalue weighted by Crippen LogP contribution is -2.26. The van der Waals surface area contributed by atoms with Crippen LogP contribution in [0.5, 0.6) is 0 Å². The summed E-state index contributed by atoms with van der Waals surface area (Å²) in [6.07, 6.45) is 0.800. The number of thiophene rings is 1. The van der Waals surface area contributed by atoms with E-state index in [1.807, 2.05) is 30.5 Å². The van der Waals surface area contributed by atoms with E-state index >= 15 is 0 Å². The maximum absolute atomic E-state index is 13.4. The zero-order chi connectivity index (χ0) is 16.9. The highest BCUT2D eigenvalue weighted by Crippen LogP contribution is 2.21. The lowest BCUT2D eigenvalue weighted by atomic mass is 10.1. The highest BCUT2D eigenvalue weighted by Gasteiger charge is 2.15. The first-order chi connectivity index (χ1) is 11.7. The Morgan fingerprint density at radius 2 is 2.17 bits per heavy atom. The van der Waals surface area contributed by atoms with Gasteiger partial charge in [0.25, 0.3) is 5.91 Å². The summed E-state index contributed by atoms with van der Waals surface area (Å²) < 4.78 is 15.2. The van der Waals surface area contributed by atoms with Crippen LogP contribution < -0.4 is 5.32 Å². The molecule has 3 aromatic rings. The van der Waals surface area contributed by atoms with Crippen LogP contribution in [0.15, 0.2) is 47.8 Å². The molecule has 0 aliphatic carbocycles. The fraction of sp³-hybridized carbons (Fsp3) is 0.222. The number of aryl methyl sites for hydroxylation is 1. The number of carbonyl (C=O) groups excluding carboxylic acids is 1. The van der Waals surface area contributed by atoms with E-state index in [2.05, 4.69) is 10.4 Å². The number of benzene rings is 1. The van der Waals surface area contributed by atoms with Crippen LogP contribution in [0.4, 0.5) is 4.39 Å². The van der Waals surface area contributed by atoms with E-state index in [0.29, 0.717) is 24.3 Å². The molecule has 2 heterocycles. The van der Waals surface area contributed by atoms with E-state index in [1.165, 1.54) is 17.0 Å². The Morgan fingerprint density at radius 3 is 2.88 bits per heavy atom. The third-order valence-corrected chi connectivity index (χ3v) is 4.61. The average molecular weight is 343 g/mol. The quantitative estimate of drug-likeness (QED) is 0.741. The summed E-state index contributed by atoms with van der Waals surface area (Å²) in [7, 11) is 0. The number of amides is 1. The van der Waals surface area contributed by atoms with Gasteiger partial charge < -0.3 is 5.32 Å². The third-order valence-electron chi connectivity index (χ3n) is 3.67. The molecular formula is C18H18FN3OS. The maximum Gasteiger partial charge on any atom is 0.271 e. The molecule has 124 valence electrons. The number of rotatable bonds is 6. The number of nitrogens with one attached hydrogen (secondary N) is 1. The van der Waals surface area contributed by atoms with Gasteiger partial charge in [0.1, 0.15) is 5.82 Å². The molecule has 0 atom stereocenters. The van der Waals surface area contributed by atoms with Gasteiger partial charge in [-0.2, -0.15) is 5.10 Å². The van der Waals surface area contributed by atoms with Gasteiger partial charge in [0.15, 0.2) is 5.69 Å². The minimum Gasteiger partial charge on any atom is -0.350 e. The first-order valence-electron chi connectivity index (χ1n) is 7.81. The van der Waals surface area contributed by atoms with Crippen molar-refractivity contribution in [2.24, 2.45) is 0 Å². The molecule has 24 heavy (non-hydrogen) atoms. The van der Waals surface area contributed by atoms with Crippen LogP contribution in [0.2, 0.25) is 0 Å².